The molecular weight excluding hydrogens is 256 g/mol. The fraction of sp³-hybridized carbons (Fsp3) is 0.294. The summed E-state index contributed by atoms with van der Waals surface area (Å²) in [5, 5.41) is 0. The molecule has 0 atom stereocenters. The molecule has 104 valence electrons. The Morgan fingerprint density at radius 2 is 1.50 bits per heavy atom. The summed E-state index contributed by atoms with van der Waals surface area (Å²) in [5.74, 6) is -0.832. The lowest BCUT2D eigenvalue weighted by Gasteiger charge is -2.25. The van der Waals surface area contributed by atoms with Crippen molar-refractivity contribution in [1.82, 2.24) is 0 Å². The predicted octanol–water partition coefficient (Wildman–Crippen LogP) is 4.36. The highest BCUT2D eigenvalue weighted by Crippen LogP contribution is 2.38. The van der Waals surface area contributed by atoms with Gasteiger partial charge in [0.15, 0.2) is 0 Å². The van der Waals surface area contributed by atoms with Crippen molar-refractivity contribution in [3.8, 4) is 11.1 Å². The van der Waals surface area contributed by atoms with Crippen molar-refractivity contribution in [3.05, 3.63) is 59.7 Å². The number of halogens is 2. The number of hydrogen-bond acceptors (Lipinski definition) is 1. The quantitative estimate of drug-likeness (QED) is 0.864. The topological polar surface area (TPSA) is 26.0 Å². The summed E-state index contributed by atoms with van der Waals surface area (Å²) < 4.78 is 27.9. The molecule has 0 bridgehead atoms. The Morgan fingerprint density at radius 1 is 0.850 bits per heavy atom. The molecule has 0 amide bonds. The fourth-order valence-corrected chi connectivity index (χ4v) is 3.02. The van der Waals surface area contributed by atoms with Crippen LogP contribution in [0, 0.1) is 11.6 Å². The van der Waals surface area contributed by atoms with E-state index >= 15 is 0 Å². The van der Waals surface area contributed by atoms with E-state index in [1.807, 2.05) is 0 Å². The van der Waals surface area contributed by atoms with Crippen molar-refractivity contribution in [3.63, 3.8) is 0 Å². The van der Waals surface area contributed by atoms with Crippen LogP contribution in [0.15, 0.2) is 42.5 Å². The lowest BCUT2D eigenvalue weighted by molar-refractivity contribution is 0.461. The van der Waals surface area contributed by atoms with Crippen molar-refractivity contribution in [1.29, 1.82) is 0 Å². The minimum absolute atomic E-state index is 0.286. The fourth-order valence-electron chi connectivity index (χ4n) is 3.02. The summed E-state index contributed by atoms with van der Waals surface area (Å²) in [6.07, 6.45) is 3.97. The molecule has 20 heavy (non-hydrogen) atoms. The average molecular weight is 273 g/mol. The first-order valence-electron chi connectivity index (χ1n) is 6.94. The molecule has 1 nitrogen and oxygen atoms in total. The standard InChI is InChI=1S/C17H17F2N/c18-15-6-2-1-5-13(15)14-11-12(7-8-16(14)19)17(20)9-3-4-10-17/h1-2,5-8,11H,3-4,9-10,20H2. The zero-order valence-electron chi connectivity index (χ0n) is 11.2. The minimum atomic E-state index is -0.416. The maximum atomic E-state index is 14.0. The maximum absolute atomic E-state index is 14.0. The van der Waals surface area contributed by atoms with E-state index in [2.05, 4.69) is 0 Å². The summed E-state index contributed by atoms with van der Waals surface area (Å²) in [5.41, 5.74) is 7.48. The van der Waals surface area contributed by atoms with Crippen molar-refractivity contribution in [2.75, 3.05) is 0 Å². The lowest BCUT2D eigenvalue weighted by Crippen LogP contribution is -2.33. The van der Waals surface area contributed by atoms with Gasteiger partial charge in [-0.3, -0.25) is 0 Å². The Balaban J connectivity index is 2.10. The largest absolute Gasteiger partial charge is 0.321 e. The van der Waals surface area contributed by atoms with Crippen LogP contribution in [0.5, 0.6) is 0 Å². The van der Waals surface area contributed by atoms with E-state index in [0.717, 1.165) is 31.2 Å². The van der Waals surface area contributed by atoms with E-state index in [-0.39, 0.29) is 11.1 Å². The highest BCUT2D eigenvalue weighted by molar-refractivity contribution is 5.66. The molecule has 0 saturated heterocycles. The number of nitrogens with two attached hydrogens (primary N) is 1. The summed E-state index contributed by atoms with van der Waals surface area (Å²) in [4.78, 5) is 0. The number of hydrogen-bond donors (Lipinski definition) is 1. The van der Waals surface area contributed by atoms with Crippen LogP contribution < -0.4 is 5.73 Å². The second kappa shape index (κ2) is 4.98. The molecule has 3 heteroatoms. The molecule has 0 radical (unpaired) electrons. The summed E-state index contributed by atoms with van der Waals surface area (Å²) in [6, 6.07) is 11.1. The van der Waals surface area contributed by atoms with E-state index in [1.54, 1.807) is 30.3 Å². The molecule has 0 spiro atoms. The van der Waals surface area contributed by atoms with Gasteiger partial charge < -0.3 is 5.73 Å². The highest BCUT2D eigenvalue weighted by atomic mass is 19.1. The summed E-state index contributed by atoms with van der Waals surface area (Å²) in [7, 11) is 0. The van der Waals surface area contributed by atoms with Gasteiger partial charge in [-0.1, -0.05) is 37.1 Å². The van der Waals surface area contributed by atoms with Crippen LogP contribution in [-0.2, 0) is 5.54 Å². The van der Waals surface area contributed by atoms with Crippen LogP contribution in [0.1, 0.15) is 31.2 Å². The van der Waals surface area contributed by atoms with Crippen molar-refractivity contribution in [2.45, 2.75) is 31.2 Å². The predicted molar refractivity (Wildman–Crippen MR) is 76.1 cm³/mol. The molecule has 1 aliphatic rings. The van der Waals surface area contributed by atoms with E-state index < -0.39 is 17.2 Å². The summed E-state index contributed by atoms with van der Waals surface area (Å²) in [6.45, 7) is 0. The molecule has 0 unspecified atom stereocenters. The van der Waals surface area contributed by atoms with Crippen LogP contribution in [-0.4, -0.2) is 0 Å². The first-order valence-corrected chi connectivity index (χ1v) is 6.94. The van der Waals surface area contributed by atoms with Crippen LogP contribution >= 0.6 is 0 Å². The zero-order valence-corrected chi connectivity index (χ0v) is 11.2. The van der Waals surface area contributed by atoms with E-state index in [9.17, 15) is 8.78 Å². The smallest absolute Gasteiger partial charge is 0.131 e. The van der Waals surface area contributed by atoms with Gasteiger partial charge in [0, 0.05) is 16.7 Å². The van der Waals surface area contributed by atoms with E-state index in [0.29, 0.717) is 0 Å². The normalized spacial score (nSPS) is 17.4. The van der Waals surface area contributed by atoms with Gasteiger partial charge in [0.1, 0.15) is 11.6 Å². The molecule has 0 aromatic heterocycles. The Kier molecular flexibility index (Phi) is 3.30. The molecule has 2 aromatic carbocycles. The van der Waals surface area contributed by atoms with Gasteiger partial charge in [0.05, 0.1) is 0 Å². The zero-order chi connectivity index (χ0) is 14.2. The average Bonchev–Trinajstić information content (AvgIpc) is 2.88. The third kappa shape index (κ3) is 2.22. The van der Waals surface area contributed by atoms with Crippen molar-refractivity contribution in [2.24, 2.45) is 5.73 Å². The van der Waals surface area contributed by atoms with Crippen LogP contribution in [0.4, 0.5) is 8.78 Å². The molecule has 1 aliphatic carbocycles. The molecule has 2 aromatic rings. The van der Waals surface area contributed by atoms with Gasteiger partial charge in [-0.2, -0.15) is 0 Å². The van der Waals surface area contributed by atoms with Gasteiger partial charge in [-0.05, 0) is 36.6 Å². The van der Waals surface area contributed by atoms with Gasteiger partial charge >= 0.3 is 0 Å². The molecule has 1 saturated carbocycles. The van der Waals surface area contributed by atoms with Gasteiger partial charge in [-0.15, -0.1) is 0 Å². The first kappa shape index (κ1) is 13.3. The maximum Gasteiger partial charge on any atom is 0.131 e. The van der Waals surface area contributed by atoms with Crippen molar-refractivity contribution < 1.29 is 8.78 Å². The molecule has 2 N–H and O–H groups in total. The Labute approximate surface area is 117 Å². The molecule has 0 heterocycles. The molecule has 1 fully saturated rings. The van der Waals surface area contributed by atoms with Gasteiger partial charge in [0.25, 0.3) is 0 Å². The minimum Gasteiger partial charge on any atom is -0.321 e. The van der Waals surface area contributed by atoms with Gasteiger partial charge in [-0.25, -0.2) is 8.78 Å². The van der Waals surface area contributed by atoms with Gasteiger partial charge in [0.2, 0.25) is 0 Å². The first-order chi connectivity index (χ1) is 9.60. The van der Waals surface area contributed by atoms with Crippen LogP contribution in [0.3, 0.4) is 0 Å². The third-order valence-electron chi connectivity index (χ3n) is 4.20. The third-order valence-corrected chi connectivity index (χ3v) is 4.20. The highest BCUT2D eigenvalue weighted by Gasteiger charge is 2.31. The Hall–Kier alpha value is -1.74. The summed E-state index contributed by atoms with van der Waals surface area (Å²) >= 11 is 0. The Bertz CT molecular complexity index is 631. The molecule has 3 rings (SSSR count). The van der Waals surface area contributed by atoms with E-state index in [4.69, 9.17) is 5.73 Å². The number of rotatable bonds is 2. The van der Waals surface area contributed by atoms with Crippen LogP contribution in [0.2, 0.25) is 0 Å². The SMILES string of the molecule is NC1(c2ccc(F)c(-c3ccccc3F)c2)CCCC1. The molecular formula is C17H17F2N. The second-order valence-corrected chi connectivity index (χ2v) is 5.54. The second-order valence-electron chi connectivity index (χ2n) is 5.54. The number of benzene rings is 2. The Morgan fingerprint density at radius 3 is 2.20 bits per heavy atom. The molecule has 0 aliphatic heterocycles. The van der Waals surface area contributed by atoms with Crippen molar-refractivity contribution >= 4 is 0 Å². The monoisotopic (exact) mass is 273 g/mol. The van der Waals surface area contributed by atoms with E-state index in [1.165, 1.54) is 12.1 Å². The lowest BCUT2D eigenvalue weighted by atomic mass is 9.87. The van der Waals surface area contributed by atoms with Crippen LogP contribution in [0.25, 0.3) is 11.1 Å².